The summed E-state index contributed by atoms with van der Waals surface area (Å²) in [5.74, 6) is 0.953. The molecule has 0 spiro atoms. The van der Waals surface area contributed by atoms with Crippen LogP contribution in [0, 0.1) is 0 Å². The molecule has 0 unspecified atom stereocenters. The highest BCUT2D eigenvalue weighted by Gasteiger charge is 2.20. The number of benzene rings is 2. The standard InChI is InChI=1S/C24H20N4O4/c1-30-19-12-11-17(14-20(19)31-2)23-26-32-24(29)28(23)15-18-22(16-8-4-3-5-9-16)25-21-10-6-7-13-27(18)21/h3-14H,15H2,1-2H3. The van der Waals surface area contributed by atoms with E-state index in [9.17, 15) is 4.79 Å². The van der Waals surface area contributed by atoms with Crippen LogP contribution in [0.2, 0.25) is 0 Å². The summed E-state index contributed by atoms with van der Waals surface area (Å²) in [7, 11) is 3.13. The van der Waals surface area contributed by atoms with Gasteiger partial charge in [0.05, 0.1) is 32.2 Å². The van der Waals surface area contributed by atoms with Crippen LogP contribution in [0.25, 0.3) is 28.3 Å². The molecular weight excluding hydrogens is 408 g/mol. The summed E-state index contributed by atoms with van der Waals surface area (Å²) in [5, 5.41) is 4.03. The third kappa shape index (κ3) is 3.31. The average molecular weight is 428 g/mol. The van der Waals surface area contributed by atoms with Crippen molar-refractivity contribution in [1.29, 1.82) is 0 Å². The fourth-order valence-corrected chi connectivity index (χ4v) is 3.77. The molecule has 0 radical (unpaired) electrons. The maximum Gasteiger partial charge on any atom is 0.442 e. The molecule has 0 fully saturated rings. The predicted molar refractivity (Wildman–Crippen MR) is 119 cm³/mol. The molecule has 0 bridgehead atoms. The summed E-state index contributed by atoms with van der Waals surface area (Å²) < 4.78 is 19.2. The quantitative estimate of drug-likeness (QED) is 0.408. The van der Waals surface area contributed by atoms with Crippen molar-refractivity contribution in [3.8, 4) is 34.1 Å². The lowest BCUT2D eigenvalue weighted by atomic mass is 10.1. The molecule has 5 aromatic rings. The molecule has 0 atom stereocenters. The van der Waals surface area contributed by atoms with Gasteiger partial charge in [0.2, 0.25) is 0 Å². The van der Waals surface area contributed by atoms with E-state index in [0.717, 1.165) is 22.6 Å². The van der Waals surface area contributed by atoms with Crippen molar-refractivity contribution in [3.63, 3.8) is 0 Å². The van der Waals surface area contributed by atoms with Crippen molar-refractivity contribution in [2.45, 2.75) is 6.54 Å². The van der Waals surface area contributed by atoms with Gasteiger partial charge in [-0.25, -0.2) is 9.78 Å². The van der Waals surface area contributed by atoms with Crippen molar-refractivity contribution in [3.05, 3.63) is 89.2 Å². The van der Waals surface area contributed by atoms with E-state index in [1.807, 2.05) is 65.2 Å². The van der Waals surface area contributed by atoms with Gasteiger partial charge in [-0.2, -0.15) is 0 Å². The third-order valence-corrected chi connectivity index (χ3v) is 5.31. The topological polar surface area (TPSA) is 83.8 Å². The Hall–Kier alpha value is -4.33. The second kappa shape index (κ2) is 8.07. The summed E-state index contributed by atoms with van der Waals surface area (Å²) >= 11 is 0. The maximum absolute atomic E-state index is 12.6. The number of methoxy groups -OCH3 is 2. The Kier molecular flexibility index (Phi) is 4.95. The average Bonchev–Trinajstić information content (AvgIpc) is 3.40. The molecule has 0 aliphatic rings. The first kappa shape index (κ1) is 19.6. The Morgan fingerprint density at radius 1 is 0.906 bits per heavy atom. The molecule has 0 N–H and O–H groups in total. The van der Waals surface area contributed by atoms with Crippen molar-refractivity contribution < 1.29 is 14.0 Å². The zero-order chi connectivity index (χ0) is 22.1. The molecule has 3 heterocycles. The van der Waals surface area contributed by atoms with Gasteiger partial charge in [-0.3, -0.25) is 9.09 Å². The number of ether oxygens (including phenoxy) is 2. The van der Waals surface area contributed by atoms with Crippen LogP contribution in [-0.2, 0) is 6.54 Å². The van der Waals surface area contributed by atoms with Crippen molar-refractivity contribution in [1.82, 2.24) is 19.1 Å². The van der Waals surface area contributed by atoms with E-state index in [-0.39, 0.29) is 6.54 Å². The van der Waals surface area contributed by atoms with E-state index >= 15 is 0 Å². The van der Waals surface area contributed by atoms with Gasteiger partial charge in [0.1, 0.15) is 5.65 Å². The first-order valence-electron chi connectivity index (χ1n) is 10.00. The summed E-state index contributed by atoms with van der Waals surface area (Å²) in [6.45, 7) is 0.224. The van der Waals surface area contributed by atoms with Crippen LogP contribution in [0.3, 0.4) is 0 Å². The van der Waals surface area contributed by atoms with Gasteiger partial charge in [0.15, 0.2) is 17.3 Å². The summed E-state index contributed by atoms with van der Waals surface area (Å²) in [6.07, 6.45) is 1.93. The SMILES string of the molecule is COc1ccc(-c2noc(=O)n2Cc2c(-c3ccccc3)nc3ccccn23)cc1OC. The summed E-state index contributed by atoms with van der Waals surface area (Å²) in [4.78, 5) is 17.5. The molecule has 0 aliphatic carbocycles. The normalized spacial score (nSPS) is 11.1. The monoisotopic (exact) mass is 428 g/mol. The number of imidazole rings is 1. The van der Waals surface area contributed by atoms with Crippen LogP contribution in [0.15, 0.2) is 82.2 Å². The predicted octanol–water partition coefficient (Wildman–Crippen LogP) is 3.88. The van der Waals surface area contributed by atoms with Crippen LogP contribution in [0.4, 0.5) is 0 Å². The molecule has 8 heteroatoms. The van der Waals surface area contributed by atoms with Gasteiger partial charge < -0.3 is 13.9 Å². The summed E-state index contributed by atoms with van der Waals surface area (Å²) in [6, 6.07) is 21.0. The molecule has 0 saturated carbocycles. The first-order chi connectivity index (χ1) is 15.7. The molecule has 8 nitrogen and oxygen atoms in total. The Bertz CT molecular complexity index is 1450. The lowest BCUT2D eigenvalue weighted by molar-refractivity contribution is 0.355. The molecule has 0 amide bonds. The highest BCUT2D eigenvalue weighted by molar-refractivity contribution is 5.67. The van der Waals surface area contributed by atoms with Crippen LogP contribution in [-0.4, -0.2) is 33.3 Å². The van der Waals surface area contributed by atoms with Gasteiger partial charge in [-0.15, -0.1) is 0 Å². The van der Waals surface area contributed by atoms with Crippen LogP contribution >= 0.6 is 0 Å². The molecule has 0 saturated heterocycles. The fraction of sp³-hybridized carbons (Fsp3) is 0.125. The maximum atomic E-state index is 12.6. The van der Waals surface area contributed by atoms with Gasteiger partial charge in [-0.05, 0) is 30.3 Å². The second-order valence-electron chi connectivity index (χ2n) is 7.13. The van der Waals surface area contributed by atoms with Crippen LogP contribution in [0.5, 0.6) is 11.5 Å². The number of hydrogen-bond donors (Lipinski definition) is 0. The Morgan fingerprint density at radius 3 is 2.47 bits per heavy atom. The van der Waals surface area contributed by atoms with E-state index < -0.39 is 5.76 Å². The van der Waals surface area contributed by atoms with Crippen molar-refractivity contribution in [2.75, 3.05) is 14.2 Å². The minimum atomic E-state index is -0.556. The number of nitrogens with zero attached hydrogens (tertiary/aromatic N) is 4. The van der Waals surface area contributed by atoms with E-state index in [0.29, 0.717) is 22.9 Å². The number of fused-ring (bicyclic) bond motifs is 1. The third-order valence-electron chi connectivity index (χ3n) is 5.31. The zero-order valence-corrected chi connectivity index (χ0v) is 17.6. The Morgan fingerprint density at radius 2 is 1.69 bits per heavy atom. The molecule has 3 aromatic heterocycles. The van der Waals surface area contributed by atoms with Crippen LogP contribution < -0.4 is 15.2 Å². The molecule has 160 valence electrons. The lowest BCUT2D eigenvalue weighted by Crippen LogP contribution is -2.18. The van der Waals surface area contributed by atoms with E-state index in [1.54, 1.807) is 26.4 Å². The smallest absolute Gasteiger partial charge is 0.442 e. The molecule has 32 heavy (non-hydrogen) atoms. The van der Waals surface area contributed by atoms with Gasteiger partial charge in [-0.1, -0.05) is 41.6 Å². The zero-order valence-electron chi connectivity index (χ0n) is 17.6. The highest BCUT2D eigenvalue weighted by atomic mass is 16.5. The summed E-state index contributed by atoms with van der Waals surface area (Å²) in [5.41, 5.74) is 4.06. The second-order valence-corrected chi connectivity index (χ2v) is 7.13. The molecule has 0 aliphatic heterocycles. The Labute approximate surface area is 183 Å². The number of pyridine rings is 1. The minimum absolute atomic E-state index is 0.224. The fourth-order valence-electron chi connectivity index (χ4n) is 3.77. The van der Waals surface area contributed by atoms with Crippen molar-refractivity contribution in [2.24, 2.45) is 0 Å². The van der Waals surface area contributed by atoms with E-state index in [1.165, 1.54) is 4.57 Å². The van der Waals surface area contributed by atoms with Crippen molar-refractivity contribution >= 4 is 5.65 Å². The number of aromatic nitrogens is 4. The minimum Gasteiger partial charge on any atom is -0.493 e. The van der Waals surface area contributed by atoms with Gasteiger partial charge >= 0.3 is 5.76 Å². The lowest BCUT2D eigenvalue weighted by Gasteiger charge is -2.10. The van der Waals surface area contributed by atoms with Crippen LogP contribution in [0.1, 0.15) is 5.69 Å². The van der Waals surface area contributed by atoms with Gasteiger partial charge in [0.25, 0.3) is 0 Å². The Balaban J connectivity index is 1.65. The van der Waals surface area contributed by atoms with Gasteiger partial charge in [0, 0.05) is 17.3 Å². The highest BCUT2D eigenvalue weighted by Crippen LogP contribution is 2.32. The number of rotatable bonds is 6. The molecular formula is C24H20N4O4. The molecule has 5 rings (SSSR count). The largest absolute Gasteiger partial charge is 0.493 e. The van der Waals surface area contributed by atoms with E-state index in [2.05, 4.69) is 5.16 Å². The number of hydrogen-bond acceptors (Lipinski definition) is 6. The molecule has 2 aromatic carbocycles. The first-order valence-corrected chi connectivity index (χ1v) is 10.00. The van der Waals surface area contributed by atoms with E-state index in [4.69, 9.17) is 19.0 Å².